The first-order valence-electron chi connectivity index (χ1n) is 8.00. The summed E-state index contributed by atoms with van der Waals surface area (Å²) in [6.45, 7) is 13.0. The van der Waals surface area contributed by atoms with Crippen molar-refractivity contribution in [3.8, 4) is 0 Å². The van der Waals surface area contributed by atoms with Gasteiger partial charge in [0.25, 0.3) is 0 Å². The van der Waals surface area contributed by atoms with Crippen LogP contribution in [0.1, 0.15) is 44.5 Å². The van der Waals surface area contributed by atoms with Gasteiger partial charge in [-0.1, -0.05) is 0 Å². The van der Waals surface area contributed by atoms with Crippen molar-refractivity contribution in [2.24, 2.45) is 0 Å². The van der Waals surface area contributed by atoms with Crippen LogP contribution in [0.4, 0.5) is 0 Å². The number of nitrogens with zero attached hydrogens (tertiary/aromatic N) is 3. The highest BCUT2D eigenvalue weighted by Gasteiger charge is 2.42. The Morgan fingerprint density at radius 1 is 1.48 bits per heavy atom. The number of morpholine rings is 1. The van der Waals surface area contributed by atoms with E-state index in [2.05, 4.69) is 48.6 Å². The average Bonchev–Trinajstić information content (AvgIpc) is 2.97. The van der Waals surface area contributed by atoms with E-state index < -0.39 is 0 Å². The molecule has 0 aliphatic carbocycles. The lowest BCUT2D eigenvalue weighted by molar-refractivity contribution is -0.149. The van der Waals surface area contributed by atoms with E-state index >= 15 is 0 Å². The number of aromatic nitrogens is 2. The molecule has 0 N–H and O–H groups in total. The smallest absolute Gasteiger partial charge is 0.107 e. The van der Waals surface area contributed by atoms with Gasteiger partial charge < -0.3 is 9.47 Å². The number of hydrogen-bond acceptors (Lipinski definition) is 4. The first kappa shape index (κ1) is 15.0. The number of hydrogen-bond donors (Lipinski definition) is 0. The molecule has 1 aromatic rings. The minimum Gasteiger partial charge on any atom is -0.378 e. The van der Waals surface area contributed by atoms with Crippen molar-refractivity contribution < 1.29 is 9.47 Å². The van der Waals surface area contributed by atoms with Gasteiger partial charge in [0.1, 0.15) is 5.60 Å². The monoisotopic (exact) mass is 293 g/mol. The second-order valence-corrected chi connectivity index (χ2v) is 6.90. The summed E-state index contributed by atoms with van der Waals surface area (Å²) in [5.74, 6) is 0. The molecule has 3 rings (SSSR count). The molecule has 21 heavy (non-hydrogen) atoms. The molecule has 0 unspecified atom stereocenters. The molecule has 118 valence electrons. The van der Waals surface area contributed by atoms with Crippen LogP contribution in [0.3, 0.4) is 0 Å². The van der Waals surface area contributed by atoms with Gasteiger partial charge in [-0.3, -0.25) is 9.58 Å². The van der Waals surface area contributed by atoms with Crippen LogP contribution in [-0.2, 0) is 16.0 Å². The Kier molecular flexibility index (Phi) is 4.08. The van der Waals surface area contributed by atoms with E-state index in [4.69, 9.17) is 9.47 Å². The Morgan fingerprint density at radius 2 is 2.29 bits per heavy atom. The second kappa shape index (κ2) is 5.71. The molecule has 5 heteroatoms. The molecule has 0 aromatic carbocycles. The van der Waals surface area contributed by atoms with Gasteiger partial charge in [-0.15, -0.1) is 0 Å². The number of aryl methyl sites for hydroxylation is 1. The second-order valence-electron chi connectivity index (χ2n) is 6.90. The highest BCUT2D eigenvalue weighted by atomic mass is 16.6. The van der Waals surface area contributed by atoms with Crippen molar-refractivity contribution in [2.75, 3.05) is 26.3 Å². The fourth-order valence-corrected chi connectivity index (χ4v) is 3.44. The van der Waals surface area contributed by atoms with Gasteiger partial charge in [0.15, 0.2) is 0 Å². The first-order valence-corrected chi connectivity index (χ1v) is 8.00. The van der Waals surface area contributed by atoms with Crippen LogP contribution in [0.25, 0.3) is 0 Å². The van der Waals surface area contributed by atoms with Crippen LogP contribution in [0.5, 0.6) is 0 Å². The summed E-state index contributed by atoms with van der Waals surface area (Å²) in [4.78, 5) is 2.50. The summed E-state index contributed by atoms with van der Waals surface area (Å²) < 4.78 is 13.8. The minimum atomic E-state index is -0.0837. The van der Waals surface area contributed by atoms with E-state index in [0.717, 1.165) is 45.0 Å². The zero-order valence-electron chi connectivity index (χ0n) is 13.6. The third-order valence-electron chi connectivity index (χ3n) is 4.49. The topological polar surface area (TPSA) is 39.5 Å². The molecule has 2 saturated heterocycles. The molecule has 2 atom stereocenters. The quantitative estimate of drug-likeness (QED) is 0.856. The normalized spacial score (nSPS) is 30.6. The summed E-state index contributed by atoms with van der Waals surface area (Å²) in [5, 5.41) is 4.62. The van der Waals surface area contributed by atoms with Crippen LogP contribution >= 0.6 is 0 Å². The Balaban J connectivity index is 1.72. The van der Waals surface area contributed by atoms with Gasteiger partial charge in [-0.05, 0) is 27.7 Å². The maximum absolute atomic E-state index is 6.19. The van der Waals surface area contributed by atoms with Gasteiger partial charge in [0.05, 0.1) is 18.4 Å². The fourth-order valence-electron chi connectivity index (χ4n) is 3.44. The molecule has 3 heterocycles. The molecule has 1 spiro atoms. The van der Waals surface area contributed by atoms with E-state index in [-0.39, 0.29) is 11.7 Å². The maximum atomic E-state index is 6.19. The molecule has 2 fully saturated rings. The maximum Gasteiger partial charge on any atom is 0.107 e. The predicted octanol–water partition coefficient (Wildman–Crippen LogP) is 2.15. The zero-order chi connectivity index (χ0) is 15.0. The van der Waals surface area contributed by atoms with Gasteiger partial charge in [-0.25, -0.2) is 0 Å². The molecule has 0 amide bonds. The van der Waals surface area contributed by atoms with Crippen molar-refractivity contribution in [1.82, 2.24) is 14.7 Å². The molecule has 0 saturated carbocycles. The van der Waals surface area contributed by atoms with Gasteiger partial charge in [-0.2, -0.15) is 5.10 Å². The lowest BCUT2D eigenvalue weighted by Gasteiger charge is -2.42. The molecule has 1 aromatic heterocycles. The van der Waals surface area contributed by atoms with E-state index in [9.17, 15) is 0 Å². The van der Waals surface area contributed by atoms with Gasteiger partial charge in [0.2, 0.25) is 0 Å². The van der Waals surface area contributed by atoms with Crippen LogP contribution in [0.15, 0.2) is 6.20 Å². The van der Waals surface area contributed by atoms with Crippen molar-refractivity contribution in [1.29, 1.82) is 0 Å². The van der Waals surface area contributed by atoms with Crippen molar-refractivity contribution in [3.63, 3.8) is 0 Å². The average molecular weight is 293 g/mol. The Hall–Kier alpha value is -0.910. The molecular formula is C16H27N3O2. The van der Waals surface area contributed by atoms with Crippen LogP contribution in [0, 0.1) is 6.92 Å². The summed E-state index contributed by atoms with van der Waals surface area (Å²) in [7, 11) is 0. The molecule has 0 radical (unpaired) electrons. The largest absolute Gasteiger partial charge is 0.378 e. The minimum absolute atomic E-state index is 0.0837. The summed E-state index contributed by atoms with van der Waals surface area (Å²) in [6, 6.07) is 0.413. The lowest BCUT2D eigenvalue weighted by Crippen LogP contribution is -2.55. The first-order chi connectivity index (χ1) is 9.97. The predicted molar refractivity (Wildman–Crippen MR) is 81.3 cm³/mol. The Labute approximate surface area is 127 Å². The van der Waals surface area contributed by atoms with Crippen LogP contribution in [-0.4, -0.2) is 52.7 Å². The molecule has 2 aliphatic rings. The number of ether oxygens (including phenoxy) is 2. The van der Waals surface area contributed by atoms with Crippen molar-refractivity contribution in [2.45, 2.75) is 58.4 Å². The fraction of sp³-hybridized carbons (Fsp3) is 0.812. The molecule has 0 bridgehead atoms. The van der Waals surface area contributed by atoms with E-state index in [1.54, 1.807) is 0 Å². The van der Waals surface area contributed by atoms with E-state index in [1.165, 1.54) is 5.56 Å². The zero-order valence-corrected chi connectivity index (χ0v) is 13.6. The molecule has 2 aliphatic heterocycles. The molecule has 5 nitrogen and oxygen atoms in total. The van der Waals surface area contributed by atoms with E-state index in [1.807, 2.05) is 0 Å². The third-order valence-corrected chi connectivity index (χ3v) is 4.49. The van der Waals surface area contributed by atoms with Crippen LogP contribution < -0.4 is 0 Å². The third kappa shape index (κ3) is 3.15. The van der Waals surface area contributed by atoms with Crippen molar-refractivity contribution in [3.05, 3.63) is 17.5 Å². The number of rotatable bonds is 3. The SMILES string of the molecule is Cc1nn(C(C)C)cc1CN1C[C@@H](C)O[C@]2(CCOC2)C1. The van der Waals surface area contributed by atoms with Gasteiger partial charge >= 0.3 is 0 Å². The Bertz CT molecular complexity index is 492. The van der Waals surface area contributed by atoms with Crippen molar-refractivity contribution >= 4 is 0 Å². The Morgan fingerprint density at radius 3 is 2.90 bits per heavy atom. The lowest BCUT2D eigenvalue weighted by atomic mass is 9.99. The van der Waals surface area contributed by atoms with E-state index in [0.29, 0.717) is 6.04 Å². The standard InChI is InChI=1S/C16H27N3O2/c1-12(2)19-9-15(14(4)17-19)8-18-7-13(3)21-16(10-18)5-6-20-11-16/h9,12-13H,5-8,10-11H2,1-4H3/t13-,16-/m1/s1. The highest BCUT2D eigenvalue weighted by molar-refractivity contribution is 5.16. The highest BCUT2D eigenvalue weighted by Crippen LogP contribution is 2.30. The van der Waals surface area contributed by atoms with Gasteiger partial charge in [0, 0.05) is 50.5 Å². The van der Waals surface area contributed by atoms with Crippen LogP contribution in [0.2, 0.25) is 0 Å². The summed E-state index contributed by atoms with van der Waals surface area (Å²) >= 11 is 0. The summed E-state index contributed by atoms with van der Waals surface area (Å²) in [6.07, 6.45) is 3.47. The molecular weight excluding hydrogens is 266 g/mol. The summed E-state index contributed by atoms with van der Waals surface area (Å²) in [5.41, 5.74) is 2.38.